The average Bonchev–Trinajstić information content (AvgIpc) is 2.74. The summed E-state index contributed by atoms with van der Waals surface area (Å²) in [6.07, 6.45) is 0. The van der Waals surface area contributed by atoms with Crippen LogP contribution in [0.5, 0.6) is 0 Å². The van der Waals surface area contributed by atoms with E-state index in [4.69, 9.17) is 17.3 Å². The maximum absolute atomic E-state index is 13.4. The van der Waals surface area contributed by atoms with Gasteiger partial charge < -0.3 is 11.1 Å². The number of halogens is 1. The molecule has 0 aliphatic heterocycles. The number of nitrogens with two attached hydrogens (primary N) is 1. The molecule has 0 atom stereocenters. The molecule has 3 aromatic carbocycles. The molecule has 0 aliphatic carbocycles. The molecule has 0 saturated carbocycles. The summed E-state index contributed by atoms with van der Waals surface area (Å²) in [6.45, 7) is 3.10. The minimum absolute atomic E-state index is 0.0325. The van der Waals surface area contributed by atoms with Crippen molar-refractivity contribution in [1.29, 1.82) is 0 Å². The molecule has 3 N–H and O–H groups in total. The maximum Gasteiger partial charge on any atom is 0.264 e. The number of hydrogen-bond donors (Lipinski definition) is 2. The summed E-state index contributed by atoms with van der Waals surface area (Å²) < 4.78 is 27.8. The van der Waals surface area contributed by atoms with E-state index in [1.807, 2.05) is 6.92 Å². The van der Waals surface area contributed by atoms with Crippen LogP contribution in [0.1, 0.15) is 21.5 Å². The van der Waals surface area contributed by atoms with Crippen LogP contribution < -0.4 is 15.4 Å². The van der Waals surface area contributed by atoms with Gasteiger partial charge in [-0.25, -0.2) is 8.42 Å². The Morgan fingerprint density at radius 2 is 1.66 bits per heavy atom. The molecule has 0 heterocycles. The van der Waals surface area contributed by atoms with Gasteiger partial charge in [0.25, 0.3) is 15.9 Å². The number of rotatable bonds is 7. The molecule has 3 aromatic rings. The number of nitrogens with zero attached hydrogens (tertiary/aromatic N) is 1. The highest BCUT2D eigenvalue weighted by Gasteiger charge is 2.28. The number of anilines is 2. The van der Waals surface area contributed by atoms with Crippen LogP contribution in [0.15, 0.2) is 71.6 Å². The summed E-state index contributed by atoms with van der Waals surface area (Å²) in [5.41, 5.74) is 7.57. The molecule has 166 valence electrons. The van der Waals surface area contributed by atoms with E-state index >= 15 is 0 Å². The molecule has 0 aromatic heterocycles. The minimum Gasteiger partial charge on any atom is -0.366 e. The number of benzene rings is 3. The third-order valence-electron chi connectivity index (χ3n) is 4.81. The van der Waals surface area contributed by atoms with Crippen LogP contribution in [0, 0.1) is 13.8 Å². The van der Waals surface area contributed by atoms with Crippen molar-refractivity contribution in [2.24, 2.45) is 5.73 Å². The van der Waals surface area contributed by atoms with E-state index in [-0.39, 0.29) is 21.8 Å². The Morgan fingerprint density at radius 1 is 1.00 bits per heavy atom. The van der Waals surface area contributed by atoms with E-state index < -0.39 is 28.4 Å². The SMILES string of the molecule is Cc1ccc(S(=O)(=O)N(CC(=O)Nc2ccccc2C(N)=O)c2ccc(C)c(Cl)c2)cc1. The zero-order valence-corrected chi connectivity index (χ0v) is 19.1. The van der Waals surface area contributed by atoms with E-state index in [1.165, 1.54) is 30.3 Å². The maximum atomic E-state index is 13.4. The van der Waals surface area contributed by atoms with Gasteiger partial charge in [0.2, 0.25) is 5.91 Å². The standard InChI is InChI=1S/C23H22ClN3O4S/c1-15-7-11-18(12-8-15)32(30,31)27(17-10-9-16(2)20(24)13-17)14-22(28)26-21-6-4-3-5-19(21)23(25)29/h3-13H,14H2,1-2H3,(H2,25,29)(H,26,28). The lowest BCUT2D eigenvalue weighted by atomic mass is 10.1. The van der Waals surface area contributed by atoms with Crippen molar-refractivity contribution < 1.29 is 18.0 Å². The van der Waals surface area contributed by atoms with Crippen molar-refractivity contribution in [1.82, 2.24) is 0 Å². The van der Waals surface area contributed by atoms with E-state index in [9.17, 15) is 18.0 Å². The van der Waals surface area contributed by atoms with Crippen molar-refractivity contribution in [3.05, 3.63) is 88.4 Å². The fourth-order valence-electron chi connectivity index (χ4n) is 3.02. The van der Waals surface area contributed by atoms with Gasteiger partial charge in [-0.1, -0.05) is 47.5 Å². The fourth-order valence-corrected chi connectivity index (χ4v) is 4.60. The van der Waals surface area contributed by atoms with E-state index in [0.717, 1.165) is 15.4 Å². The van der Waals surface area contributed by atoms with Gasteiger partial charge in [0, 0.05) is 5.02 Å². The zero-order valence-electron chi connectivity index (χ0n) is 17.5. The van der Waals surface area contributed by atoms with Crippen LogP contribution in [-0.2, 0) is 14.8 Å². The van der Waals surface area contributed by atoms with Gasteiger partial charge >= 0.3 is 0 Å². The number of hydrogen-bond acceptors (Lipinski definition) is 4. The number of primary amides is 1. The lowest BCUT2D eigenvalue weighted by Crippen LogP contribution is -2.38. The van der Waals surface area contributed by atoms with Crippen molar-refractivity contribution in [3.63, 3.8) is 0 Å². The van der Waals surface area contributed by atoms with Crippen molar-refractivity contribution in [2.75, 3.05) is 16.2 Å². The summed E-state index contributed by atoms with van der Waals surface area (Å²) >= 11 is 6.22. The van der Waals surface area contributed by atoms with Gasteiger partial charge in [-0.05, 0) is 55.8 Å². The van der Waals surface area contributed by atoms with Gasteiger partial charge in [0.1, 0.15) is 6.54 Å². The molecule has 2 amide bonds. The van der Waals surface area contributed by atoms with Gasteiger partial charge in [0.05, 0.1) is 21.8 Å². The molecule has 0 fully saturated rings. The highest BCUT2D eigenvalue weighted by atomic mass is 35.5. The molecule has 9 heteroatoms. The summed E-state index contributed by atoms with van der Waals surface area (Å²) in [7, 11) is -4.09. The number of aryl methyl sites for hydroxylation is 2. The van der Waals surface area contributed by atoms with Crippen LogP contribution >= 0.6 is 11.6 Å². The third kappa shape index (κ3) is 5.09. The van der Waals surface area contributed by atoms with Crippen LogP contribution in [0.3, 0.4) is 0 Å². The highest BCUT2D eigenvalue weighted by molar-refractivity contribution is 7.92. The van der Waals surface area contributed by atoms with Gasteiger partial charge in [-0.15, -0.1) is 0 Å². The fraction of sp³-hybridized carbons (Fsp3) is 0.130. The molecule has 32 heavy (non-hydrogen) atoms. The van der Waals surface area contributed by atoms with Crippen LogP contribution in [-0.4, -0.2) is 26.8 Å². The predicted molar refractivity (Wildman–Crippen MR) is 125 cm³/mol. The lowest BCUT2D eigenvalue weighted by molar-refractivity contribution is -0.114. The minimum atomic E-state index is -4.09. The summed E-state index contributed by atoms with van der Waals surface area (Å²) in [5, 5.41) is 2.94. The Kier molecular flexibility index (Phi) is 6.86. The number of para-hydroxylation sites is 1. The first-order valence-electron chi connectivity index (χ1n) is 9.64. The molecule has 0 unspecified atom stereocenters. The topological polar surface area (TPSA) is 110 Å². The lowest BCUT2D eigenvalue weighted by Gasteiger charge is -2.25. The second kappa shape index (κ2) is 9.42. The molecule has 3 rings (SSSR count). The number of carbonyl (C=O) groups excluding carboxylic acids is 2. The second-order valence-corrected chi connectivity index (χ2v) is 9.49. The van der Waals surface area contributed by atoms with Crippen LogP contribution in [0.4, 0.5) is 11.4 Å². The molecular formula is C23H22ClN3O4S. The number of sulfonamides is 1. The van der Waals surface area contributed by atoms with Crippen molar-refractivity contribution in [3.8, 4) is 0 Å². The predicted octanol–water partition coefficient (Wildman–Crippen LogP) is 3.89. The Bertz CT molecular complexity index is 1270. The Labute approximate surface area is 191 Å². The monoisotopic (exact) mass is 471 g/mol. The van der Waals surface area contributed by atoms with Gasteiger partial charge in [-0.3, -0.25) is 13.9 Å². The quantitative estimate of drug-likeness (QED) is 0.544. The first-order valence-corrected chi connectivity index (χ1v) is 11.5. The number of amides is 2. The van der Waals surface area contributed by atoms with Crippen LogP contribution in [0.25, 0.3) is 0 Å². The molecule has 0 bridgehead atoms. The Hall–Kier alpha value is -3.36. The largest absolute Gasteiger partial charge is 0.366 e. The van der Waals surface area contributed by atoms with Crippen molar-refractivity contribution in [2.45, 2.75) is 18.7 Å². The third-order valence-corrected chi connectivity index (χ3v) is 7.00. The Morgan fingerprint density at radius 3 is 2.28 bits per heavy atom. The highest BCUT2D eigenvalue weighted by Crippen LogP contribution is 2.28. The van der Waals surface area contributed by atoms with Crippen molar-refractivity contribution >= 4 is 44.8 Å². The molecule has 0 radical (unpaired) electrons. The zero-order chi connectivity index (χ0) is 23.5. The van der Waals surface area contributed by atoms with E-state index in [1.54, 1.807) is 43.3 Å². The molecular weight excluding hydrogens is 450 g/mol. The normalized spacial score (nSPS) is 11.1. The van der Waals surface area contributed by atoms with E-state index in [0.29, 0.717) is 5.02 Å². The van der Waals surface area contributed by atoms with Crippen LogP contribution in [0.2, 0.25) is 5.02 Å². The van der Waals surface area contributed by atoms with E-state index in [2.05, 4.69) is 5.32 Å². The summed E-state index contributed by atoms with van der Waals surface area (Å²) in [6, 6.07) is 17.3. The average molecular weight is 472 g/mol. The molecule has 0 aliphatic rings. The molecule has 7 nitrogen and oxygen atoms in total. The molecule has 0 spiro atoms. The summed E-state index contributed by atoms with van der Waals surface area (Å²) in [4.78, 5) is 24.5. The smallest absolute Gasteiger partial charge is 0.264 e. The second-order valence-electron chi connectivity index (χ2n) is 7.22. The number of nitrogens with one attached hydrogen (secondary N) is 1. The first kappa shape index (κ1) is 23.3. The molecule has 0 saturated heterocycles. The van der Waals surface area contributed by atoms with Gasteiger partial charge in [0.15, 0.2) is 0 Å². The Balaban J connectivity index is 1.99. The number of carbonyl (C=O) groups is 2. The first-order chi connectivity index (χ1) is 15.1. The van der Waals surface area contributed by atoms with Gasteiger partial charge in [-0.2, -0.15) is 0 Å². The summed E-state index contributed by atoms with van der Waals surface area (Å²) in [5.74, 6) is -1.36.